The summed E-state index contributed by atoms with van der Waals surface area (Å²) in [7, 11) is 0. The molecule has 5 rings (SSSR count). The van der Waals surface area contributed by atoms with Crippen molar-refractivity contribution in [1.29, 1.82) is 0 Å². The van der Waals surface area contributed by atoms with Crippen LogP contribution in [0.5, 0.6) is 11.5 Å². The number of rotatable bonds is 3. The lowest BCUT2D eigenvalue weighted by Crippen LogP contribution is -2.58. The van der Waals surface area contributed by atoms with Gasteiger partial charge >= 0.3 is 0 Å². The molecular weight excluding hydrogens is 324 g/mol. The molecule has 24 heavy (non-hydrogen) atoms. The first-order chi connectivity index (χ1) is 11.3. The molecule has 3 saturated carbocycles. The number of hydrogen-bond acceptors (Lipinski definition) is 3. The number of halogens is 1. The number of fused-ring (bicyclic) bond motifs is 4. The highest BCUT2D eigenvalue weighted by atomic mass is 35.5. The van der Waals surface area contributed by atoms with E-state index in [0.29, 0.717) is 16.7 Å². The Bertz CT molecular complexity index is 688. The molecule has 0 saturated heterocycles. The molecule has 0 amide bonds. The second-order valence-corrected chi connectivity index (χ2v) is 9.12. The summed E-state index contributed by atoms with van der Waals surface area (Å²) in [5.74, 6) is 2.15. The van der Waals surface area contributed by atoms with Gasteiger partial charge in [-0.05, 0) is 64.9 Å². The van der Waals surface area contributed by atoms with Crippen LogP contribution in [0, 0.1) is 11.3 Å². The molecule has 1 unspecified atom stereocenters. The normalized spacial score (nSPS) is 36.1. The van der Waals surface area contributed by atoms with Gasteiger partial charge in [-0.2, -0.15) is 0 Å². The van der Waals surface area contributed by atoms with Crippen molar-refractivity contribution in [2.24, 2.45) is 11.3 Å². The molecule has 0 spiro atoms. The fourth-order valence-electron chi connectivity index (χ4n) is 5.02. The van der Waals surface area contributed by atoms with Crippen LogP contribution < -0.4 is 9.47 Å². The quantitative estimate of drug-likeness (QED) is 0.723. The first kappa shape index (κ1) is 16.3. The molecule has 3 aliphatic carbocycles. The van der Waals surface area contributed by atoms with E-state index in [1.54, 1.807) is 0 Å². The Morgan fingerprint density at radius 3 is 2.62 bits per heavy atom. The van der Waals surface area contributed by atoms with Crippen LogP contribution in [-0.4, -0.2) is 17.5 Å². The van der Waals surface area contributed by atoms with Crippen molar-refractivity contribution in [3.63, 3.8) is 0 Å². The number of aldehydes is 1. The molecule has 130 valence electrons. The van der Waals surface area contributed by atoms with Gasteiger partial charge in [0.05, 0.1) is 5.41 Å². The van der Waals surface area contributed by atoms with Gasteiger partial charge in [0.2, 0.25) is 0 Å². The maximum absolute atomic E-state index is 12.0. The zero-order valence-corrected chi connectivity index (χ0v) is 15.4. The second kappa shape index (κ2) is 5.14. The van der Waals surface area contributed by atoms with Gasteiger partial charge in [-0.1, -0.05) is 11.6 Å². The fourth-order valence-corrected chi connectivity index (χ4v) is 5.26. The highest BCUT2D eigenvalue weighted by Gasteiger charge is 2.57. The number of carbonyl (C=O) groups excluding carboxylic acids is 1. The molecule has 3 fully saturated rings. The predicted octanol–water partition coefficient (Wildman–Crippen LogP) is 4.97. The molecule has 0 aromatic heterocycles. The number of ether oxygens (including phenoxy) is 2. The van der Waals surface area contributed by atoms with Crippen LogP contribution in [0.2, 0.25) is 5.02 Å². The Kier molecular flexibility index (Phi) is 3.48. The highest BCUT2D eigenvalue weighted by molar-refractivity contribution is 6.30. The van der Waals surface area contributed by atoms with E-state index in [1.807, 2.05) is 12.1 Å². The lowest BCUT2D eigenvalue weighted by atomic mass is 9.53. The van der Waals surface area contributed by atoms with Crippen LogP contribution >= 0.6 is 11.6 Å². The molecule has 0 radical (unpaired) electrons. The molecule has 4 aliphatic rings. The minimum Gasteiger partial charge on any atom is -0.483 e. The van der Waals surface area contributed by atoms with Crippen LogP contribution in [0.15, 0.2) is 12.1 Å². The van der Waals surface area contributed by atoms with Gasteiger partial charge in [-0.25, -0.2) is 0 Å². The molecule has 1 aromatic rings. The summed E-state index contributed by atoms with van der Waals surface area (Å²) in [6.45, 7) is 6.24. The Morgan fingerprint density at radius 2 is 1.96 bits per heavy atom. The van der Waals surface area contributed by atoms with Crippen LogP contribution in [0.1, 0.15) is 58.4 Å². The van der Waals surface area contributed by atoms with Crippen molar-refractivity contribution in [2.45, 2.75) is 70.5 Å². The topological polar surface area (TPSA) is 35.5 Å². The largest absolute Gasteiger partial charge is 0.483 e. The van der Waals surface area contributed by atoms with Crippen LogP contribution in [0.25, 0.3) is 0 Å². The number of carbonyl (C=O) groups is 1. The van der Waals surface area contributed by atoms with Crippen molar-refractivity contribution < 1.29 is 14.3 Å². The van der Waals surface area contributed by atoms with E-state index < -0.39 is 5.60 Å². The summed E-state index contributed by atoms with van der Waals surface area (Å²) >= 11 is 6.33. The number of hydrogen-bond donors (Lipinski definition) is 0. The van der Waals surface area contributed by atoms with Crippen molar-refractivity contribution >= 4 is 17.9 Å². The van der Waals surface area contributed by atoms with Crippen molar-refractivity contribution in [3.05, 3.63) is 22.7 Å². The van der Waals surface area contributed by atoms with Crippen molar-refractivity contribution in [2.75, 3.05) is 0 Å². The monoisotopic (exact) mass is 348 g/mol. The van der Waals surface area contributed by atoms with Crippen LogP contribution in [-0.2, 0) is 11.2 Å². The molecule has 2 bridgehead atoms. The van der Waals surface area contributed by atoms with E-state index in [9.17, 15) is 4.79 Å². The summed E-state index contributed by atoms with van der Waals surface area (Å²) < 4.78 is 12.7. The van der Waals surface area contributed by atoms with Gasteiger partial charge in [-0.15, -0.1) is 0 Å². The Morgan fingerprint density at radius 1 is 1.25 bits per heavy atom. The second-order valence-electron chi connectivity index (χ2n) is 8.69. The zero-order chi connectivity index (χ0) is 17.2. The SMILES string of the molecule is CC1(C)Cc2cc(Cl)cc(OC3(C)CC4CCC3(C=O)CC4)c2O1. The Labute approximate surface area is 148 Å². The Balaban J connectivity index is 1.73. The molecule has 1 aliphatic heterocycles. The minimum absolute atomic E-state index is 0.250. The zero-order valence-electron chi connectivity index (χ0n) is 14.7. The maximum atomic E-state index is 12.0. The number of benzene rings is 1. The maximum Gasteiger partial charge on any atom is 0.165 e. The molecule has 4 heteroatoms. The third-order valence-corrected chi connectivity index (χ3v) is 6.60. The summed E-state index contributed by atoms with van der Waals surface area (Å²) in [4.78, 5) is 12.0. The Hall–Kier alpha value is -1.22. The predicted molar refractivity (Wildman–Crippen MR) is 94.0 cm³/mol. The summed E-state index contributed by atoms with van der Waals surface area (Å²) in [6.07, 6.45) is 7.01. The van der Waals surface area contributed by atoms with Gasteiger partial charge in [0, 0.05) is 23.1 Å². The van der Waals surface area contributed by atoms with Gasteiger partial charge < -0.3 is 14.3 Å². The van der Waals surface area contributed by atoms with E-state index in [0.717, 1.165) is 56.1 Å². The third kappa shape index (κ3) is 2.35. The van der Waals surface area contributed by atoms with Crippen molar-refractivity contribution in [3.8, 4) is 11.5 Å². The minimum atomic E-state index is -0.482. The van der Waals surface area contributed by atoms with Crippen LogP contribution in [0.3, 0.4) is 0 Å². The average Bonchev–Trinajstić information content (AvgIpc) is 2.82. The van der Waals surface area contributed by atoms with Crippen molar-refractivity contribution in [1.82, 2.24) is 0 Å². The van der Waals surface area contributed by atoms with E-state index in [1.165, 1.54) is 0 Å². The first-order valence-corrected chi connectivity index (χ1v) is 9.31. The molecule has 1 heterocycles. The van der Waals surface area contributed by atoms with E-state index in [2.05, 4.69) is 20.8 Å². The third-order valence-electron chi connectivity index (χ3n) is 6.38. The molecule has 3 nitrogen and oxygen atoms in total. The summed E-state index contributed by atoms with van der Waals surface area (Å²) in [6, 6.07) is 3.80. The molecule has 1 aromatic carbocycles. The van der Waals surface area contributed by atoms with E-state index in [4.69, 9.17) is 21.1 Å². The average molecular weight is 349 g/mol. The van der Waals surface area contributed by atoms with E-state index in [-0.39, 0.29) is 11.0 Å². The van der Waals surface area contributed by atoms with Gasteiger partial charge in [0.25, 0.3) is 0 Å². The highest BCUT2D eigenvalue weighted by Crippen LogP contribution is 2.57. The fraction of sp³-hybridized carbons (Fsp3) is 0.650. The lowest BCUT2D eigenvalue weighted by Gasteiger charge is -2.55. The van der Waals surface area contributed by atoms with E-state index >= 15 is 0 Å². The summed E-state index contributed by atoms with van der Waals surface area (Å²) in [5, 5.41) is 0.662. The lowest BCUT2D eigenvalue weighted by molar-refractivity contribution is -0.153. The molecule has 1 atom stereocenters. The van der Waals surface area contributed by atoms with Crippen LogP contribution in [0.4, 0.5) is 0 Å². The standard InChI is InChI=1S/C20H25ClO3/c1-18(2)11-14-8-15(21)9-16(17(14)24-18)23-19(3)10-13-4-6-20(19,12-22)7-5-13/h8-9,12-13H,4-7,10-11H2,1-3H3. The van der Waals surface area contributed by atoms with Gasteiger partial charge in [0.15, 0.2) is 11.5 Å². The molecular formula is C20H25ClO3. The molecule has 0 N–H and O–H groups in total. The van der Waals surface area contributed by atoms with Gasteiger partial charge in [-0.3, -0.25) is 0 Å². The first-order valence-electron chi connectivity index (χ1n) is 8.93. The smallest absolute Gasteiger partial charge is 0.165 e. The van der Waals surface area contributed by atoms with Gasteiger partial charge in [0.1, 0.15) is 17.5 Å². The summed E-state index contributed by atoms with van der Waals surface area (Å²) in [5.41, 5.74) is -0.0256.